The molecule has 0 saturated heterocycles. The minimum Gasteiger partial charge on any atom is -0.458 e. The van der Waals surface area contributed by atoms with Crippen LogP contribution >= 0.6 is 0 Å². The lowest BCUT2D eigenvalue weighted by atomic mass is 9.80. The molecule has 0 N–H and O–H groups in total. The first kappa shape index (κ1) is 32.7. The summed E-state index contributed by atoms with van der Waals surface area (Å²) in [5.74, 6) is 1.83. The fourth-order valence-corrected chi connectivity index (χ4v) is 10.1. The number of pyridine rings is 1. The molecule has 5 nitrogen and oxygen atoms in total. The Morgan fingerprint density at radius 2 is 1.24 bits per heavy atom. The Labute approximate surface area is 447 Å². The molecule has 1 aliphatic rings. The van der Waals surface area contributed by atoms with E-state index in [0.29, 0.717) is 50.6 Å². The Morgan fingerprint density at radius 1 is 0.583 bits per heavy atom. The van der Waals surface area contributed by atoms with Gasteiger partial charge in [0.1, 0.15) is 17.3 Å². The maximum atomic E-state index is 10.3. The number of ether oxygens (including phenoxy) is 1. The van der Waals surface area contributed by atoms with Crippen molar-refractivity contribution in [2.75, 3.05) is 0 Å². The van der Waals surface area contributed by atoms with E-state index in [4.69, 9.17) is 26.2 Å². The number of benzene rings is 7. The van der Waals surface area contributed by atoms with Crippen molar-refractivity contribution in [2.24, 2.45) is 0 Å². The summed E-state index contributed by atoms with van der Waals surface area (Å²) in [7, 11) is 0. The lowest BCUT2D eigenvalue weighted by Crippen LogP contribution is -2.32. The van der Waals surface area contributed by atoms with E-state index in [1.165, 1.54) is 0 Å². The molecule has 1 aliphatic carbocycles. The monoisotopic (exact) mass is 960 g/mol. The molecule has 362 valence electrons. The lowest BCUT2D eigenvalue weighted by Gasteiger charge is -2.27. The van der Waals surface area contributed by atoms with Crippen molar-refractivity contribution in [2.45, 2.75) is 123 Å². The van der Waals surface area contributed by atoms with Gasteiger partial charge in [-0.05, 0) is 132 Å². The van der Waals surface area contributed by atoms with E-state index in [0.717, 1.165) is 38.8 Å². The Balaban J connectivity index is 1.18. The van der Waals surface area contributed by atoms with Crippen LogP contribution in [0, 0.1) is 6.33 Å². The summed E-state index contributed by atoms with van der Waals surface area (Å²) in [5, 5.41) is 2.08. The highest BCUT2D eigenvalue weighted by molar-refractivity contribution is 6.09. The zero-order valence-electron chi connectivity index (χ0n) is 57.3. The molecule has 3 heterocycles. The maximum Gasteiger partial charge on any atom is 0.269 e. The number of fused-ring (bicyclic) bond motifs is 5. The average molecular weight is 960 g/mol. The van der Waals surface area contributed by atoms with Gasteiger partial charge in [-0.3, -0.25) is 13.7 Å². The van der Waals surface area contributed by atoms with Crippen LogP contribution in [0.15, 0.2) is 164 Å². The predicted molar refractivity (Wildman–Crippen MR) is 300 cm³/mol. The van der Waals surface area contributed by atoms with Crippen molar-refractivity contribution in [3.63, 3.8) is 0 Å². The normalized spacial score (nSPS) is 18.4. The first-order valence-corrected chi connectivity index (χ1v) is 24.5. The van der Waals surface area contributed by atoms with Gasteiger partial charge in [0.05, 0.1) is 37.6 Å². The minimum atomic E-state index is -3.67. The van der Waals surface area contributed by atoms with Gasteiger partial charge in [-0.1, -0.05) is 193 Å². The third-order valence-corrected chi connectivity index (χ3v) is 14.1. The number of rotatable bonds is 7. The molecular weight excluding hydrogens is 877 g/mol. The van der Waals surface area contributed by atoms with Crippen LogP contribution in [0.2, 0.25) is 0 Å². The molecule has 3 aromatic heterocycles. The highest BCUT2D eigenvalue weighted by Crippen LogP contribution is 2.51. The van der Waals surface area contributed by atoms with Crippen molar-refractivity contribution in [1.82, 2.24) is 14.1 Å². The van der Waals surface area contributed by atoms with Crippen molar-refractivity contribution < 1.29 is 29.9 Å². The summed E-state index contributed by atoms with van der Waals surface area (Å²) >= 11 is 0. The molecule has 72 heavy (non-hydrogen) atoms. The predicted octanol–water partition coefficient (Wildman–Crippen LogP) is 17.2. The van der Waals surface area contributed by atoms with Gasteiger partial charge in [-0.2, -0.15) is 0 Å². The fraction of sp³-hybridized carbons (Fsp3) is 0.284. The Kier molecular flexibility index (Phi) is 7.56. The van der Waals surface area contributed by atoms with Crippen LogP contribution in [0.3, 0.4) is 0 Å². The van der Waals surface area contributed by atoms with Crippen LogP contribution in [0.25, 0.3) is 72.3 Å². The third-order valence-electron chi connectivity index (χ3n) is 14.1. The molecule has 0 fully saturated rings. The van der Waals surface area contributed by atoms with E-state index in [1.54, 1.807) is 10.6 Å². The quantitative estimate of drug-likeness (QED) is 0.118. The summed E-state index contributed by atoms with van der Waals surface area (Å²) in [6, 6.07) is 42.3. The molecule has 10 aromatic rings. The number of hydrogen-bond donors (Lipinski definition) is 0. The van der Waals surface area contributed by atoms with Crippen molar-refractivity contribution >= 4 is 32.8 Å². The number of aromatic nitrogens is 4. The summed E-state index contributed by atoms with van der Waals surface area (Å²) in [4.78, 5) is 4.86. The first-order chi connectivity index (χ1) is 40.3. The van der Waals surface area contributed by atoms with E-state index in [9.17, 15) is 4.11 Å². The lowest BCUT2D eigenvalue weighted by molar-refractivity contribution is -0.571. The minimum absolute atomic E-state index is 0.0875. The van der Waals surface area contributed by atoms with E-state index in [2.05, 4.69) is 70.6 Å². The van der Waals surface area contributed by atoms with E-state index < -0.39 is 79.3 Å². The standard InChI is InChI=1S/C67H68N4O/c1-63(2,3)45-21-18-20-43(34-45)53-36-47(65(7,8)9)37-54(44-28-31-55-56(35-44)67(12,13)41-66(55,10)11)62(53)70-42-69(58-26-16-17-27-59(58)70)48-22-19-23-49(39-48)72-50-29-30-52-51-24-14-15-25-57(51)71(60(52)40-50)61-38-46(32-33-68-61)64(4,5)6/h14-40H,41H2,1-13H3/i10D3,11D3,12D3,13D3,28D,31D,35D. The molecule has 11 rings (SSSR count). The number of hydrogen-bond acceptors (Lipinski definition) is 2. The zero-order chi connectivity index (χ0) is 63.3. The molecule has 7 aromatic carbocycles. The van der Waals surface area contributed by atoms with Crippen LogP contribution in [-0.4, -0.2) is 14.1 Å². The summed E-state index contributed by atoms with van der Waals surface area (Å²) in [5.41, 5.74) is -1.89. The van der Waals surface area contributed by atoms with Gasteiger partial charge in [0.2, 0.25) is 0 Å². The van der Waals surface area contributed by atoms with Crippen LogP contribution in [0.4, 0.5) is 0 Å². The summed E-state index contributed by atoms with van der Waals surface area (Å²) in [6.07, 6.45) is 3.95. The molecule has 0 saturated carbocycles. The number of imidazole rings is 1. The summed E-state index contributed by atoms with van der Waals surface area (Å²) < 4.78 is 150. The van der Waals surface area contributed by atoms with Gasteiger partial charge in [-0.15, -0.1) is 0 Å². The Bertz CT molecular complexity index is 4380. The van der Waals surface area contributed by atoms with Gasteiger partial charge >= 0.3 is 0 Å². The highest BCUT2D eigenvalue weighted by Gasteiger charge is 2.42. The second-order valence-electron chi connectivity index (χ2n) is 22.5. The third kappa shape index (κ3) is 8.21. The smallest absolute Gasteiger partial charge is 0.269 e. The second kappa shape index (κ2) is 16.7. The maximum absolute atomic E-state index is 10.3. The van der Waals surface area contributed by atoms with Gasteiger partial charge in [-0.25, -0.2) is 4.98 Å². The molecule has 0 amide bonds. The van der Waals surface area contributed by atoms with Gasteiger partial charge in [0, 0.05) is 39.5 Å². The number of nitrogens with zero attached hydrogens (tertiary/aromatic N) is 4. The number of para-hydroxylation sites is 3. The molecule has 0 atom stereocenters. The fourth-order valence-electron chi connectivity index (χ4n) is 10.1. The van der Waals surface area contributed by atoms with E-state index in [-0.39, 0.29) is 22.0 Å². The largest absolute Gasteiger partial charge is 0.458 e. The topological polar surface area (TPSA) is 35.9 Å². The molecular formula is C67H68N4O. The van der Waals surface area contributed by atoms with Gasteiger partial charge < -0.3 is 4.74 Å². The van der Waals surface area contributed by atoms with Crippen LogP contribution in [0.5, 0.6) is 11.5 Å². The van der Waals surface area contributed by atoms with Crippen molar-refractivity contribution in [1.29, 1.82) is 0 Å². The highest BCUT2D eigenvalue weighted by atomic mass is 16.5. The van der Waals surface area contributed by atoms with Crippen LogP contribution in [-0.2, 0) is 27.1 Å². The molecule has 0 radical (unpaired) electrons. The van der Waals surface area contributed by atoms with Crippen molar-refractivity contribution in [3.8, 4) is 50.9 Å². The SMILES string of the molecule is [2H]c1c([2H])c2c(c([2H])c1-c1cc(C(C)(C)C)cc(-c3cccc(C(C)(C)C)c3)c1-[n+]1[c-]n(-c3cccc(Oc4ccc5c6ccccc6n(-c6cc(C(C)(C)C)ccn6)c5c4)c3)c3ccccc31)C(C([2H])([2H])[2H])(C([2H])([2H])[2H])CC2(C([2H])([2H])[2H])C([2H])([2H])[2H]. The van der Waals surface area contributed by atoms with Gasteiger partial charge in [0.25, 0.3) is 6.33 Å². The molecule has 0 bridgehead atoms. The van der Waals surface area contributed by atoms with Gasteiger partial charge in [0.15, 0.2) is 0 Å². The average Bonchev–Trinajstić information content (AvgIpc) is 1.51. The molecule has 0 unspecified atom stereocenters. The Morgan fingerprint density at radius 3 is 1.99 bits per heavy atom. The molecule has 5 heteroatoms. The first-order valence-electron chi connectivity index (χ1n) is 32.0. The molecule has 0 spiro atoms. The van der Waals surface area contributed by atoms with E-state index >= 15 is 0 Å². The summed E-state index contributed by atoms with van der Waals surface area (Å²) in [6.45, 7) is 4.05. The zero-order valence-corrected chi connectivity index (χ0v) is 42.3. The molecule has 0 aliphatic heterocycles. The van der Waals surface area contributed by atoms with Crippen molar-refractivity contribution in [3.05, 3.63) is 198 Å². The van der Waals surface area contributed by atoms with Crippen LogP contribution in [0.1, 0.15) is 145 Å². The second-order valence-corrected chi connectivity index (χ2v) is 22.5. The van der Waals surface area contributed by atoms with Crippen LogP contribution < -0.4 is 9.30 Å². The van der Waals surface area contributed by atoms with E-state index in [1.807, 2.05) is 147 Å². The Hall–Kier alpha value is -7.24.